The van der Waals surface area contributed by atoms with Crippen molar-refractivity contribution >= 4 is 5.91 Å². The van der Waals surface area contributed by atoms with Crippen LogP contribution in [-0.4, -0.2) is 37.1 Å². The number of halogens is 1. The molecule has 2 aromatic carbocycles. The quantitative estimate of drug-likeness (QED) is 0.771. The standard InChI is InChI=1S/C24H29FN2O3/c1-16(2)24(17-5-8-19(25)9-6-17)26-23(28)15-27-11-3-4-20(27)18-7-10-21-22(14-18)30-13-12-29-21/h5-10,14,16,20,24H,3-4,11-13,15H2,1-2H3,(H,26,28)/t20-,24+/m0/s1. The Labute approximate surface area is 177 Å². The summed E-state index contributed by atoms with van der Waals surface area (Å²) in [6, 6.07) is 12.5. The molecule has 2 heterocycles. The Morgan fingerprint density at radius 1 is 1.13 bits per heavy atom. The molecule has 5 nitrogen and oxygen atoms in total. The second kappa shape index (κ2) is 9.04. The van der Waals surface area contributed by atoms with Crippen LogP contribution < -0.4 is 14.8 Å². The average Bonchev–Trinajstić information content (AvgIpc) is 3.20. The van der Waals surface area contributed by atoms with Gasteiger partial charge < -0.3 is 14.8 Å². The lowest BCUT2D eigenvalue weighted by atomic mass is 9.96. The first-order chi connectivity index (χ1) is 14.5. The summed E-state index contributed by atoms with van der Waals surface area (Å²) in [5.74, 6) is 1.48. The van der Waals surface area contributed by atoms with Crippen LogP contribution in [0.1, 0.15) is 49.9 Å². The lowest BCUT2D eigenvalue weighted by Gasteiger charge is -2.28. The first-order valence-electron chi connectivity index (χ1n) is 10.7. The van der Waals surface area contributed by atoms with Crippen molar-refractivity contribution in [3.8, 4) is 11.5 Å². The van der Waals surface area contributed by atoms with Crippen LogP contribution in [0.5, 0.6) is 11.5 Å². The van der Waals surface area contributed by atoms with E-state index in [0.29, 0.717) is 19.8 Å². The van der Waals surface area contributed by atoms with Crippen molar-refractivity contribution in [3.63, 3.8) is 0 Å². The number of carbonyl (C=O) groups excluding carboxylic acids is 1. The second-order valence-electron chi connectivity index (χ2n) is 8.37. The minimum atomic E-state index is -0.271. The van der Waals surface area contributed by atoms with E-state index in [1.54, 1.807) is 12.1 Å². The summed E-state index contributed by atoms with van der Waals surface area (Å²) in [7, 11) is 0. The fraction of sp³-hybridized carbons (Fsp3) is 0.458. The van der Waals surface area contributed by atoms with Crippen LogP contribution in [0.15, 0.2) is 42.5 Å². The van der Waals surface area contributed by atoms with Crippen molar-refractivity contribution in [1.82, 2.24) is 10.2 Å². The SMILES string of the molecule is CC(C)[C@@H](NC(=O)CN1CCC[C@H]1c1ccc2c(c1)OCCO2)c1ccc(F)cc1. The van der Waals surface area contributed by atoms with Gasteiger partial charge in [0, 0.05) is 6.04 Å². The van der Waals surface area contributed by atoms with Crippen LogP contribution in [0.25, 0.3) is 0 Å². The highest BCUT2D eigenvalue weighted by Gasteiger charge is 2.29. The zero-order valence-corrected chi connectivity index (χ0v) is 17.6. The van der Waals surface area contributed by atoms with Gasteiger partial charge in [0.05, 0.1) is 12.6 Å². The molecule has 2 aliphatic rings. The predicted molar refractivity (Wildman–Crippen MR) is 113 cm³/mol. The van der Waals surface area contributed by atoms with E-state index in [9.17, 15) is 9.18 Å². The molecular weight excluding hydrogens is 383 g/mol. The van der Waals surface area contributed by atoms with Gasteiger partial charge in [0.2, 0.25) is 5.91 Å². The van der Waals surface area contributed by atoms with Crippen LogP contribution in [-0.2, 0) is 4.79 Å². The lowest BCUT2D eigenvalue weighted by Crippen LogP contribution is -2.40. The maximum Gasteiger partial charge on any atom is 0.234 e. The van der Waals surface area contributed by atoms with Gasteiger partial charge in [0.15, 0.2) is 11.5 Å². The van der Waals surface area contributed by atoms with Crippen molar-refractivity contribution in [1.29, 1.82) is 0 Å². The monoisotopic (exact) mass is 412 g/mol. The van der Waals surface area contributed by atoms with E-state index in [4.69, 9.17) is 9.47 Å². The first-order valence-corrected chi connectivity index (χ1v) is 10.7. The Kier molecular flexibility index (Phi) is 6.23. The van der Waals surface area contributed by atoms with Crippen LogP contribution >= 0.6 is 0 Å². The average molecular weight is 413 g/mol. The van der Waals surface area contributed by atoms with Gasteiger partial charge in [-0.2, -0.15) is 0 Å². The van der Waals surface area contributed by atoms with Gasteiger partial charge in [-0.3, -0.25) is 9.69 Å². The van der Waals surface area contributed by atoms with Gasteiger partial charge >= 0.3 is 0 Å². The Morgan fingerprint density at radius 2 is 1.87 bits per heavy atom. The van der Waals surface area contributed by atoms with E-state index >= 15 is 0 Å². The zero-order chi connectivity index (χ0) is 21.1. The number of nitrogens with zero attached hydrogens (tertiary/aromatic N) is 1. The lowest BCUT2D eigenvalue weighted by molar-refractivity contribution is -0.123. The molecule has 0 aliphatic carbocycles. The smallest absolute Gasteiger partial charge is 0.234 e. The highest BCUT2D eigenvalue weighted by Crippen LogP contribution is 2.38. The number of hydrogen-bond donors (Lipinski definition) is 1. The molecule has 0 unspecified atom stereocenters. The molecule has 0 spiro atoms. The number of likely N-dealkylation sites (tertiary alicyclic amines) is 1. The van der Waals surface area contributed by atoms with Crippen molar-refractivity contribution < 1.29 is 18.7 Å². The highest BCUT2D eigenvalue weighted by molar-refractivity contribution is 5.78. The number of fused-ring (bicyclic) bond motifs is 1. The van der Waals surface area contributed by atoms with Crippen molar-refractivity contribution in [2.45, 2.75) is 38.8 Å². The van der Waals surface area contributed by atoms with E-state index in [1.165, 1.54) is 12.1 Å². The minimum absolute atomic E-state index is 0.0116. The van der Waals surface area contributed by atoms with E-state index in [1.807, 2.05) is 12.1 Å². The number of nitrogens with one attached hydrogen (secondary N) is 1. The largest absolute Gasteiger partial charge is 0.486 e. The molecule has 0 bridgehead atoms. The van der Waals surface area contributed by atoms with Gasteiger partial charge in [-0.25, -0.2) is 4.39 Å². The molecule has 2 aromatic rings. The van der Waals surface area contributed by atoms with E-state index in [2.05, 4.69) is 30.1 Å². The molecule has 1 amide bonds. The molecule has 1 saturated heterocycles. The third-order valence-electron chi connectivity index (χ3n) is 5.87. The number of benzene rings is 2. The highest BCUT2D eigenvalue weighted by atomic mass is 19.1. The van der Waals surface area contributed by atoms with Gasteiger partial charge in [0.25, 0.3) is 0 Å². The molecule has 0 aromatic heterocycles. The molecule has 0 saturated carbocycles. The second-order valence-corrected chi connectivity index (χ2v) is 8.37. The number of hydrogen-bond acceptors (Lipinski definition) is 4. The molecule has 2 aliphatic heterocycles. The number of amides is 1. The molecule has 4 rings (SSSR count). The summed E-state index contributed by atoms with van der Waals surface area (Å²) in [5.41, 5.74) is 2.08. The molecule has 1 N–H and O–H groups in total. The first kappa shape index (κ1) is 20.7. The number of ether oxygens (including phenoxy) is 2. The van der Waals surface area contributed by atoms with Crippen LogP contribution in [0, 0.1) is 11.7 Å². The molecule has 6 heteroatoms. The summed E-state index contributed by atoms with van der Waals surface area (Å²) < 4.78 is 24.6. The fourth-order valence-electron chi connectivity index (χ4n) is 4.37. The Balaban J connectivity index is 1.43. The normalized spacial score (nSPS) is 19.7. The maximum absolute atomic E-state index is 13.3. The van der Waals surface area contributed by atoms with E-state index < -0.39 is 0 Å². The summed E-state index contributed by atoms with van der Waals surface area (Å²) in [6.45, 7) is 6.48. The van der Waals surface area contributed by atoms with Crippen LogP contribution in [0.2, 0.25) is 0 Å². The van der Waals surface area contributed by atoms with Crippen LogP contribution in [0.4, 0.5) is 4.39 Å². The Bertz CT molecular complexity index is 885. The van der Waals surface area contributed by atoms with E-state index in [-0.39, 0.29) is 29.7 Å². The van der Waals surface area contributed by atoms with Crippen molar-refractivity contribution in [2.75, 3.05) is 26.3 Å². The summed E-state index contributed by atoms with van der Waals surface area (Å²) in [6.07, 6.45) is 2.07. The Morgan fingerprint density at radius 3 is 2.60 bits per heavy atom. The number of carbonyl (C=O) groups is 1. The molecule has 0 radical (unpaired) electrons. The number of rotatable bonds is 6. The van der Waals surface area contributed by atoms with E-state index in [0.717, 1.165) is 42.0 Å². The van der Waals surface area contributed by atoms with Gasteiger partial charge in [0.1, 0.15) is 19.0 Å². The Hall–Kier alpha value is -2.60. The third kappa shape index (κ3) is 4.59. The predicted octanol–water partition coefficient (Wildman–Crippen LogP) is 4.25. The van der Waals surface area contributed by atoms with Gasteiger partial charge in [-0.15, -0.1) is 0 Å². The minimum Gasteiger partial charge on any atom is -0.486 e. The van der Waals surface area contributed by atoms with Crippen molar-refractivity contribution in [3.05, 3.63) is 59.4 Å². The topological polar surface area (TPSA) is 50.8 Å². The van der Waals surface area contributed by atoms with Crippen LogP contribution in [0.3, 0.4) is 0 Å². The molecular formula is C24H29FN2O3. The summed E-state index contributed by atoms with van der Waals surface area (Å²) in [4.78, 5) is 15.1. The third-order valence-corrected chi connectivity index (χ3v) is 5.87. The maximum atomic E-state index is 13.3. The summed E-state index contributed by atoms with van der Waals surface area (Å²) >= 11 is 0. The van der Waals surface area contributed by atoms with Gasteiger partial charge in [-0.1, -0.05) is 32.0 Å². The molecule has 1 fully saturated rings. The summed E-state index contributed by atoms with van der Waals surface area (Å²) in [5, 5.41) is 3.15. The molecule has 30 heavy (non-hydrogen) atoms. The fourth-order valence-corrected chi connectivity index (χ4v) is 4.37. The molecule has 2 atom stereocenters. The van der Waals surface area contributed by atoms with Gasteiger partial charge in [-0.05, 0) is 60.7 Å². The van der Waals surface area contributed by atoms with Crippen molar-refractivity contribution in [2.24, 2.45) is 5.92 Å². The molecule has 160 valence electrons. The zero-order valence-electron chi connectivity index (χ0n) is 17.6.